The molecule has 2 aromatic carbocycles. The van der Waals surface area contributed by atoms with Crippen molar-refractivity contribution in [3.05, 3.63) is 74.4 Å². The van der Waals surface area contributed by atoms with Gasteiger partial charge >= 0.3 is 5.97 Å². The first-order chi connectivity index (χ1) is 15.3. The van der Waals surface area contributed by atoms with E-state index in [-0.39, 0.29) is 33.7 Å². The summed E-state index contributed by atoms with van der Waals surface area (Å²) in [5, 5.41) is 11.1. The lowest BCUT2D eigenvalue weighted by Crippen LogP contribution is -2.42. The number of thiophene rings is 1. The molecule has 0 saturated carbocycles. The van der Waals surface area contributed by atoms with Crippen LogP contribution >= 0.6 is 22.9 Å². The molecule has 0 saturated heterocycles. The van der Waals surface area contributed by atoms with Crippen molar-refractivity contribution < 1.29 is 29.0 Å². The van der Waals surface area contributed by atoms with Crippen LogP contribution < -0.4 is 14.4 Å². The Labute approximate surface area is 192 Å². The molecule has 9 heteroatoms. The van der Waals surface area contributed by atoms with Gasteiger partial charge in [-0.25, -0.2) is 9.69 Å². The van der Waals surface area contributed by atoms with Crippen LogP contribution in [0.4, 0.5) is 5.69 Å². The molecule has 1 atom stereocenters. The minimum atomic E-state index is -1.21. The van der Waals surface area contributed by atoms with Crippen molar-refractivity contribution in [2.45, 2.75) is 19.4 Å². The molecular formula is C23H18ClNO6S. The highest BCUT2D eigenvalue weighted by molar-refractivity contribution is 7.12. The van der Waals surface area contributed by atoms with Crippen LogP contribution in [0.3, 0.4) is 0 Å². The highest BCUT2D eigenvalue weighted by Crippen LogP contribution is 2.37. The Morgan fingerprint density at radius 3 is 2.50 bits per heavy atom. The van der Waals surface area contributed by atoms with Crippen molar-refractivity contribution in [2.75, 3.05) is 12.0 Å². The Morgan fingerprint density at radius 2 is 1.84 bits per heavy atom. The summed E-state index contributed by atoms with van der Waals surface area (Å²) in [5.74, 6) is -1.28. The second-order valence-corrected chi connectivity index (χ2v) is 8.41. The van der Waals surface area contributed by atoms with Crippen LogP contribution in [0.25, 0.3) is 0 Å². The number of benzene rings is 2. The second kappa shape index (κ2) is 8.64. The fraction of sp³-hybridized carbons (Fsp3) is 0.174. The van der Waals surface area contributed by atoms with Crippen molar-refractivity contribution in [1.82, 2.24) is 0 Å². The minimum Gasteiger partial charge on any atom is -0.497 e. The zero-order valence-corrected chi connectivity index (χ0v) is 18.7. The number of anilines is 1. The van der Waals surface area contributed by atoms with Crippen molar-refractivity contribution in [1.29, 1.82) is 0 Å². The van der Waals surface area contributed by atoms with Gasteiger partial charge in [0.15, 0.2) is 0 Å². The maximum Gasteiger partial charge on any atom is 0.346 e. The average molecular weight is 472 g/mol. The number of hydrogen-bond donors (Lipinski definition) is 1. The highest BCUT2D eigenvalue weighted by Gasteiger charge is 2.37. The maximum absolute atomic E-state index is 13.1. The predicted octanol–water partition coefficient (Wildman–Crippen LogP) is 4.98. The molecule has 0 radical (unpaired) electrons. The molecule has 32 heavy (non-hydrogen) atoms. The van der Waals surface area contributed by atoms with Gasteiger partial charge in [-0.05, 0) is 47.7 Å². The van der Waals surface area contributed by atoms with Crippen molar-refractivity contribution >= 4 is 46.4 Å². The van der Waals surface area contributed by atoms with Gasteiger partial charge in [0.05, 0.1) is 29.8 Å². The fourth-order valence-electron chi connectivity index (χ4n) is 3.51. The van der Waals surface area contributed by atoms with E-state index in [9.17, 15) is 19.5 Å². The smallest absolute Gasteiger partial charge is 0.346 e. The number of carbonyl (C=O) groups is 3. The molecule has 1 unspecified atom stereocenters. The van der Waals surface area contributed by atoms with Crippen LogP contribution in [-0.2, 0) is 11.2 Å². The van der Waals surface area contributed by atoms with E-state index in [1.54, 1.807) is 13.2 Å². The molecule has 4 rings (SSSR count). The summed E-state index contributed by atoms with van der Waals surface area (Å²) < 4.78 is 11.2. The number of amides is 2. The number of carboxylic acid groups (broad SMARTS) is 1. The standard InChI is InChI=1S/C23H18ClNO6S/c1-12(13-3-5-15(30-2)6-4-13)31-16-7-8-17(24)18(10-16)25-19(26)9-14-11-32-21(23(28)29)20(14)22(25)27/h3-8,10-12H,9H2,1-2H3,(H,28,29). The molecular weight excluding hydrogens is 454 g/mol. The number of methoxy groups -OCH3 is 1. The molecule has 1 aliphatic rings. The Bertz CT molecular complexity index is 1220. The Kier molecular flexibility index (Phi) is 5.90. The molecule has 3 aromatic rings. The molecule has 0 aliphatic carbocycles. The third kappa shape index (κ3) is 3.94. The van der Waals surface area contributed by atoms with E-state index in [0.29, 0.717) is 11.3 Å². The summed E-state index contributed by atoms with van der Waals surface area (Å²) in [5.41, 5.74) is 1.49. The number of fused-ring (bicyclic) bond motifs is 1. The molecule has 0 bridgehead atoms. The summed E-state index contributed by atoms with van der Waals surface area (Å²) in [6.45, 7) is 1.87. The summed E-state index contributed by atoms with van der Waals surface area (Å²) in [6.07, 6.45) is -0.418. The van der Waals surface area contributed by atoms with Gasteiger partial charge in [0.25, 0.3) is 5.91 Å². The van der Waals surface area contributed by atoms with E-state index >= 15 is 0 Å². The number of ether oxygens (including phenoxy) is 2. The van der Waals surface area contributed by atoms with E-state index in [0.717, 1.165) is 27.5 Å². The Balaban J connectivity index is 1.65. The molecule has 0 fully saturated rings. The molecule has 0 spiro atoms. The van der Waals surface area contributed by atoms with E-state index in [2.05, 4.69) is 0 Å². The number of carbonyl (C=O) groups excluding carboxylic acids is 2. The number of aromatic carboxylic acids is 1. The lowest BCUT2D eigenvalue weighted by atomic mass is 10.0. The molecule has 1 N–H and O–H groups in total. The summed E-state index contributed by atoms with van der Waals surface area (Å²) >= 11 is 7.25. The molecule has 7 nitrogen and oxygen atoms in total. The lowest BCUT2D eigenvalue weighted by Gasteiger charge is -2.27. The quantitative estimate of drug-likeness (QED) is 0.510. The van der Waals surface area contributed by atoms with Crippen molar-refractivity contribution in [2.24, 2.45) is 0 Å². The predicted molar refractivity (Wildman–Crippen MR) is 120 cm³/mol. The van der Waals surface area contributed by atoms with Crippen LogP contribution in [0, 0.1) is 0 Å². The molecule has 2 heterocycles. The first-order valence-corrected chi connectivity index (χ1v) is 10.9. The number of carboxylic acids is 1. The number of halogens is 1. The maximum atomic E-state index is 13.1. The van der Waals surface area contributed by atoms with Crippen molar-refractivity contribution in [3.63, 3.8) is 0 Å². The average Bonchev–Trinajstić information content (AvgIpc) is 3.20. The van der Waals surface area contributed by atoms with Gasteiger partial charge in [-0.1, -0.05) is 23.7 Å². The van der Waals surface area contributed by atoms with Crippen LogP contribution in [0.15, 0.2) is 47.8 Å². The summed E-state index contributed by atoms with van der Waals surface area (Å²) in [4.78, 5) is 38.2. The number of nitrogens with zero attached hydrogens (tertiary/aromatic N) is 1. The van der Waals surface area contributed by atoms with Crippen LogP contribution in [-0.4, -0.2) is 30.0 Å². The SMILES string of the molecule is COc1ccc(C(C)Oc2ccc(Cl)c(N3C(=O)Cc4csc(C(=O)O)c4C3=O)c2)cc1. The topological polar surface area (TPSA) is 93.1 Å². The molecule has 1 aromatic heterocycles. The number of imide groups is 1. The second-order valence-electron chi connectivity index (χ2n) is 7.13. The van der Waals surface area contributed by atoms with Gasteiger partial charge in [0, 0.05) is 6.07 Å². The molecule has 1 aliphatic heterocycles. The van der Waals surface area contributed by atoms with Gasteiger partial charge in [0.1, 0.15) is 22.5 Å². The summed E-state index contributed by atoms with van der Waals surface area (Å²) in [6, 6.07) is 12.1. The van der Waals surface area contributed by atoms with Gasteiger partial charge in [-0.2, -0.15) is 0 Å². The number of rotatable bonds is 6. The lowest BCUT2D eigenvalue weighted by molar-refractivity contribution is -0.117. The zero-order chi connectivity index (χ0) is 23.0. The Hall–Kier alpha value is -3.36. The fourth-order valence-corrected chi connectivity index (χ4v) is 4.61. The van der Waals surface area contributed by atoms with Gasteiger partial charge in [-0.3, -0.25) is 9.59 Å². The van der Waals surface area contributed by atoms with E-state index in [4.69, 9.17) is 21.1 Å². The largest absolute Gasteiger partial charge is 0.497 e. The number of hydrogen-bond acceptors (Lipinski definition) is 6. The first-order valence-electron chi connectivity index (χ1n) is 9.61. The zero-order valence-electron chi connectivity index (χ0n) is 17.1. The first kappa shape index (κ1) is 21.9. The Morgan fingerprint density at radius 1 is 1.16 bits per heavy atom. The summed E-state index contributed by atoms with van der Waals surface area (Å²) in [7, 11) is 1.59. The van der Waals surface area contributed by atoms with Gasteiger partial charge in [-0.15, -0.1) is 11.3 Å². The van der Waals surface area contributed by atoms with E-state index in [1.165, 1.54) is 17.5 Å². The third-order valence-electron chi connectivity index (χ3n) is 5.13. The monoisotopic (exact) mass is 471 g/mol. The van der Waals surface area contributed by atoms with E-state index in [1.807, 2.05) is 31.2 Å². The van der Waals surface area contributed by atoms with Gasteiger partial charge < -0.3 is 14.6 Å². The molecule has 2 amide bonds. The van der Waals surface area contributed by atoms with Gasteiger partial charge in [0.2, 0.25) is 5.91 Å². The normalized spacial score (nSPS) is 14.2. The van der Waals surface area contributed by atoms with Crippen molar-refractivity contribution in [3.8, 4) is 11.5 Å². The van der Waals surface area contributed by atoms with Crippen LogP contribution in [0.2, 0.25) is 5.02 Å². The third-order valence-corrected chi connectivity index (χ3v) is 6.46. The van der Waals surface area contributed by atoms with Crippen LogP contribution in [0.5, 0.6) is 11.5 Å². The highest BCUT2D eigenvalue weighted by atomic mass is 35.5. The molecule has 164 valence electrons. The van der Waals surface area contributed by atoms with Crippen LogP contribution in [0.1, 0.15) is 44.2 Å². The minimum absolute atomic E-state index is 0.0242. The van der Waals surface area contributed by atoms with E-state index < -0.39 is 17.8 Å².